The summed E-state index contributed by atoms with van der Waals surface area (Å²) in [7, 11) is 0. The van der Waals surface area contributed by atoms with Crippen LogP contribution in [0.1, 0.15) is 187 Å². The zero-order valence-corrected chi connectivity index (χ0v) is 38.9. The predicted octanol–water partition coefficient (Wildman–Crippen LogP) is 15.7. The molecule has 0 radical (unpaired) electrons. The minimum absolute atomic E-state index is 0.799. The third-order valence-corrected chi connectivity index (χ3v) is 13.6. The molecule has 0 N–H and O–H groups in total. The van der Waals surface area contributed by atoms with Gasteiger partial charge >= 0.3 is 0 Å². The molecule has 0 aliphatic heterocycles. The summed E-state index contributed by atoms with van der Waals surface area (Å²) >= 11 is 0. The maximum absolute atomic E-state index is 5.87. The third-order valence-electron chi connectivity index (χ3n) is 13.6. The van der Waals surface area contributed by atoms with Gasteiger partial charge in [-0.05, 0) is 122 Å². The summed E-state index contributed by atoms with van der Waals surface area (Å²) in [6.45, 7) is 10.7. The van der Waals surface area contributed by atoms with Crippen LogP contribution in [0.5, 0.6) is 11.5 Å². The summed E-state index contributed by atoms with van der Waals surface area (Å²) in [5.41, 5.74) is 4.63. The Balaban J connectivity index is 0.000000231. The maximum Gasteiger partial charge on any atom is 0.159 e. The van der Waals surface area contributed by atoms with Crippen LogP contribution in [0.25, 0.3) is 22.8 Å². The number of aromatic nitrogens is 4. The Hall–Kier alpha value is -3.80. The van der Waals surface area contributed by atoms with Gasteiger partial charge in [0.05, 0.1) is 13.2 Å². The molecule has 6 rings (SSSR count). The monoisotopic (exact) mass is 831 g/mol. The fourth-order valence-electron chi connectivity index (χ4n) is 9.34. The lowest BCUT2D eigenvalue weighted by Crippen LogP contribution is -2.15. The van der Waals surface area contributed by atoms with Gasteiger partial charge < -0.3 is 9.47 Å². The van der Waals surface area contributed by atoms with Gasteiger partial charge in [-0.1, -0.05) is 150 Å². The molecule has 2 heterocycles. The number of unbranched alkanes of at least 4 members (excludes halogenated alkanes) is 8. The van der Waals surface area contributed by atoms with E-state index in [-0.39, 0.29) is 0 Å². The van der Waals surface area contributed by atoms with E-state index in [1.807, 2.05) is 49.1 Å². The van der Waals surface area contributed by atoms with E-state index in [0.717, 1.165) is 96.8 Å². The number of nitrogens with zero attached hydrogens (tertiary/aromatic N) is 4. The highest BCUT2D eigenvalue weighted by atomic mass is 16.5. The van der Waals surface area contributed by atoms with Gasteiger partial charge in [-0.3, -0.25) is 0 Å². The van der Waals surface area contributed by atoms with Gasteiger partial charge in [0.25, 0.3) is 0 Å². The van der Waals surface area contributed by atoms with Gasteiger partial charge in [-0.2, -0.15) is 0 Å². The van der Waals surface area contributed by atoms with Gasteiger partial charge in [0, 0.05) is 35.9 Å². The Kier molecular flexibility index (Phi) is 22.7. The van der Waals surface area contributed by atoms with Crippen molar-refractivity contribution < 1.29 is 9.47 Å². The first-order valence-corrected chi connectivity index (χ1v) is 25.1. The lowest BCUT2D eigenvalue weighted by molar-refractivity contribution is 0.252. The molecule has 0 spiro atoms. The van der Waals surface area contributed by atoms with Gasteiger partial charge in [0.1, 0.15) is 11.5 Å². The molecule has 6 heteroatoms. The highest BCUT2D eigenvalue weighted by Gasteiger charge is 2.21. The second-order valence-corrected chi connectivity index (χ2v) is 18.5. The van der Waals surface area contributed by atoms with Crippen molar-refractivity contribution >= 4 is 0 Å². The Morgan fingerprint density at radius 1 is 0.410 bits per heavy atom. The molecule has 2 saturated carbocycles. The molecule has 0 unspecified atom stereocenters. The largest absolute Gasteiger partial charge is 0.494 e. The first-order valence-electron chi connectivity index (χ1n) is 25.1. The van der Waals surface area contributed by atoms with Crippen LogP contribution in [0.4, 0.5) is 0 Å². The van der Waals surface area contributed by atoms with Crippen LogP contribution in [-0.2, 0) is 12.8 Å². The van der Waals surface area contributed by atoms with Crippen LogP contribution in [0, 0.1) is 23.7 Å². The maximum atomic E-state index is 5.87. The SMILES string of the molecule is CCCCCCCOc1ccc(-c2ncc(CCC3CCC(CC)CC3)cn2)cc1.CCCCCCCOc1ccc(-c2ncc(CCC3CCC(CCC)CC3)cn2)cc1. The molecule has 0 saturated heterocycles. The van der Waals surface area contributed by atoms with Gasteiger partial charge in [0.2, 0.25) is 0 Å². The molecule has 334 valence electrons. The van der Waals surface area contributed by atoms with Crippen molar-refractivity contribution in [2.45, 2.75) is 188 Å². The third kappa shape index (κ3) is 18.2. The van der Waals surface area contributed by atoms with Crippen molar-refractivity contribution in [2.75, 3.05) is 13.2 Å². The number of aryl methyl sites for hydroxylation is 2. The quantitative estimate of drug-likeness (QED) is 0.0620. The van der Waals surface area contributed by atoms with Crippen molar-refractivity contribution in [3.8, 4) is 34.3 Å². The van der Waals surface area contributed by atoms with E-state index in [0.29, 0.717) is 0 Å². The lowest BCUT2D eigenvalue weighted by Gasteiger charge is -2.28. The van der Waals surface area contributed by atoms with Crippen molar-refractivity contribution in [3.05, 3.63) is 84.4 Å². The number of hydrogen-bond donors (Lipinski definition) is 0. The second-order valence-electron chi connectivity index (χ2n) is 18.5. The van der Waals surface area contributed by atoms with Gasteiger partial charge in [-0.15, -0.1) is 0 Å². The molecular weight excluding hydrogens is 749 g/mol. The van der Waals surface area contributed by atoms with Crippen LogP contribution in [0.2, 0.25) is 0 Å². The summed E-state index contributed by atoms with van der Waals surface area (Å²) in [5, 5.41) is 0. The molecular formula is C55H82N4O2. The van der Waals surface area contributed by atoms with E-state index in [4.69, 9.17) is 9.47 Å². The Bertz CT molecular complexity index is 1680. The molecule has 2 aliphatic carbocycles. The molecule has 2 aliphatic rings. The van der Waals surface area contributed by atoms with Gasteiger partial charge in [0.15, 0.2) is 11.6 Å². The number of ether oxygens (including phenoxy) is 2. The standard InChI is InChI=1S/C28H42N2O.C27H40N2O/c1-3-5-6-7-8-20-31-27-18-16-26(17-19-27)28-29-21-25(22-30-28)15-14-24-12-10-23(9-4-2)11-13-24;1-3-5-6-7-8-19-30-26-17-15-25(16-18-26)27-28-20-24(21-29-27)14-13-23-11-9-22(4-2)10-12-23/h16-19,21-24H,3-15,20H2,1-2H3;15-18,20-23H,3-14,19H2,1-2H3. The van der Waals surface area contributed by atoms with Crippen LogP contribution in [-0.4, -0.2) is 33.1 Å². The fraction of sp³-hybridized carbons (Fsp3) is 0.636. The Labute approximate surface area is 371 Å². The summed E-state index contributed by atoms with van der Waals surface area (Å²) in [4.78, 5) is 18.5. The molecule has 2 aromatic carbocycles. The van der Waals surface area contributed by atoms with Crippen LogP contribution < -0.4 is 9.47 Å². The molecule has 0 atom stereocenters. The average molecular weight is 831 g/mol. The first kappa shape index (κ1) is 48.2. The summed E-state index contributed by atoms with van der Waals surface area (Å²) in [5.74, 6) is 7.23. The van der Waals surface area contributed by atoms with E-state index >= 15 is 0 Å². The fourth-order valence-corrected chi connectivity index (χ4v) is 9.34. The Morgan fingerprint density at radius 2 is 0.770 bits per heavy atom. The molecule has 6 nitrogen and oxygen atoms in total. The van der Waals surface area contributed by atoms with Crippen LogP contribution in [0.3, 0.4) is 0 Å². The summed E-state index contributed by atoms with van der Waals surface area (Å²) in [6.07, 6.45) is 40.9. The van der Waals surface area contributed by atoms with E-state index in [1.54, 1.807) is 0 Å². The zero-order valence-electron chi connectivity index (χ0n) is 38.9. The van der Waals surface area contributed by atoms with E-state index in [1.165, 1.54) is 146 Å². The molecule has 0 bridgehead atoms. The minimum Gasteiger partial charge on any atom is -0.494 e. The summed E-state index contributed by atoms with van der Waals surface area (Å²) < 4.78 is 11.7. The van der Waals surface area contributed by atoms with E-state index < -0.39 is 0 Å². The number of hydrogen-bond acceptors (Lipinski definition) is 6. The van der Waals surface area contributed by atoms with Crippen molar-refractivity contribution in [3.63, 3.8) is 0 Å². The lowest BCUT2D eigenvalue weighted by atomic mass is 9.78. The Morgan fingerprint density at radius 3 is 1.13 bits per heavy atom. The average Bonchev–Trinajstić information content (AvgIpc) is 3.31. The molecule has 2 fully saturated rings. The highest BCUT2D eigenvalue weighted by molar-refractivity contribution is 5.56. The smallest absolute Gasteiger partial charge is 0.159 e. The predicted molar refractivity (Wildman–Crippen MR) is 256 cm³/mol. The molecule has 4 aromatic rings. The van der Waals surface area contributed by atoms with E-state index in [2.05, 4.69) is 71.9 Å². The first-order chi connectivity index (χ1) is 30.1. The topological polar surface area (TPSA) is 70.0 Å². The second kappa shape index (κ2) is 28.7. The molecule has 0 amide bonds. The zero-order chi connectivity index (χ0) is 42.7. The van der Waals surface area contributed by atoms with Crippen molar-refractivity contribution in [1.29, 1.82) is 0 Å². The van der Waals surface area contributed by atoms with Crippen molar-refractivity contribution in [1.82, 2.24) is 19.9 Å². The minimum atomic E-state index is 0.799. The van der Waals surface area contributed by atoms with Crippen LogP contribution in [0.15, 0.2) is 73.3 Å². The van der Waals surface area contributed by atoms with Gasteiger partial charge in [-0.25, -0.2) is 19.9 Å². The number of benzene rings is 2. The summed E-state index contributed by atoms with van der Waals surface area (Å²) in [6, 6.07) is 16.4. The molecule has 2 aromatic heterocycles. The highest BCUT2D eigenvalue weighted by Crippen LogP contribution is 2.35. The number of rotatable bonds is 25. The van der Waals surface area contributed by atoms with E-state index in [9.17, 15) is 0 Å². The normalized spacial score (nSPS) is 18.9. The van der Waals surface area contributed by atoms with Crippen molar-refractivity contribution in [2.24, 2.45) is 23.7 Å². The van der Waals surface area contributed by atoms with Crippen LogP contribution >= 0.6 is 0 Å². The molecule has 61 heavy (non-hydrogen) atoms.